The van der Waals surface area contributed by atoms with Gasteiger partial charge in [0.25, 0.3) is 0 Å². The fraction of sp³-hybridized carbons (Fsp3) is 0.368. The molecule has 2 aliphatic rings. The molecule has 1 unspecified atom stereocenters. The minimum atomic E-state index is -0.670. The van der Waals surface area contributed by atoms with E-state index in [2.05, 4.69) is 15.3 Å². The molecule has 2 aromatic rings. The highest BCUT2D eigenvalue weighted by Crippen LogP contribution is 2.40. The average Bonchev–Trinajstić information content (AvgIpc) is 2.73. The van der Waals surface area contributed by atoms with Gasteiger partial charge in [-0.1, -0.05) is 6.07 Å². The van der Waals surface area contributed by atoms with Crippen molar-refractivity contribution in [3.8, 4) is 5.75 Å². The quantitative estimate of drug-likeness (QED) is 0.641. The molecule has 1 atom stereocenters. The number of amides is 1. The zero-order valence-corrected chi connectivity index (χ0v) is 15.8. The second kappa shape index (κ2) is 7.55. The molecule has 1 amide bonds. The lowest BCUT2D eigenvalue weighted by molar-refractivity contribution is -0.116. The normalized spacial score (nSPS) is 18.7. The Morgan fingerprint density at radius 2 is 2.10 bits per heavy atom. The van der Waals surface area contributed by atoms with Crippen LogP contribution in [0.5, 0.6) is 5.75 Å². The maximum absolute atomic E-state index is 12.4. The summed E-state index contributed by atoms with van der Waals surface area (Å²) in [6.07, 6.45) is 0.114. The molecular weight excluding hydrogens is 378 g/mol. The number of aromatic hydroxyl groups is 1. The molecule has 1 aromatic heterocycles. The lowest BCUT2D eigenvalue weighted by atomic mass is 9.85. The molecule has 2 aliphatic heterocycles. The summed E-state index contributed by atoms with van der Waals surface area (Å²) in [5.41, 5.74) is 7.51. The van der Waals surface area contributed by atoms with Gasteiger partial charge in [-0.25, -0.2) is 4.79 Å². The summed E-state index contributed by atoms with van der Waals surface area (Å²) in [6.45, 7) is 2.41. The molecule has 1 saturated heterocycles. The monoisotopic (exact) mass is 399 g/mol. The number of carbonyl (C=O) groups is 2. The van der Waals surface area contributed by atoms with Crippen LogP contribution in [0.25, 0.3) is 0 Å². The van der Waals surface area contributed by atoms with Gasteiger partial charge in [-0.15, -0.1) is 0 Å². The molecule has 3 heterocycles. The Balaban J connectivity index is 1.76. The van der Waals surface area contributed by atoms with Gasteiger partial charge in [-0.3, -0.25) is 4.79 Å². The third-order valence-electron chi connectivity index (χ3n) is 5.08. The van der Waals surface area contributed by atoms with Gasteiger partial charge in [0, 0.05) is 31.0 Å². The number of phenolic OH excluding ortho intramolecular Hbond substituents is 1. The van der Waals surface area contributed by atoms with Crippen LogP contribution in [0.15, 0.2) is 18.2 Å². The van der Waals surface area contributed by atoms with Crippen LogP contribution in [0.2, 0.25) is 0 Å². The van der Waals surface area contributed by atoms with Gasteiger partial charge in [-0.2, -0.15) is 9.97 Å². The number of ether oxygens (including phenoxy) is 2. The van der Waals surface area contributed by atoms with E-state index in [4.69, 9.17) is 15.2 Å². The van der Waals surface area contributed by atoms with Crippen LogP contribution in [0.3, 0.4) is 0 Å². The Hall–Kier alpha value is -3.40. The van der Waals surface area contributed by atoms with Gasteiger partial charge < -0.3 is 30.5 Å². The zero-order chi connectivity index (χ0) is 20.5. The number of rotatable bonds is 3. The molecule has 29 heavy (non-hydrogen) atoms. The van der Waals surface area contributed by atoms with Crippen molar-refractivity contribution in [3.05, 3.63) is 34.9 Å². The van der Waals surface area contributed by atoms with Crippen molar-refractivity contribution in [2.75, 3.05) is 49.4 Å². The lowest BCUT2D eigenvalue weighted by Gasteiger charge is -2.30. The summed E-state index contributed by atoms with van der Waals surface area (Å²) in [7, 11) is 1.23. The molecule has 0 saturated carbocycles. The number of anilines is 3. The highest BCUT2D eigenvalue weighted by atomic mass is 16.5. The van der Waals surface area contributed by atoms with Gasteiger partial charge in [0.15, 0.2) is 0 Å². The highest BCUT2D eigenvalue weighted by molar-refractivity contribution is 5.96. The van der Waals surface area contributed by atoms with Crippen LogP contribution in [-0.2, 0) is 14.3 Å². The number of hydrogen-bond acceptors (Lipinski definition) is 9. The van der Waals surface area contributed by atoms with E-state index in [-0.39, 0.29) is 29.5 Å². The van der Waals surface area contributed by atoms with Gasteiger partial charge in [0.2, 0.25) is 11.9 Å². The number of nitrogens with two attached hydrogens (primary N) is 1. The topological polar surface area (TPSA) is 140 Å². The summed E-state index contributed by atoms with van der Waals surface area (Å²) in [5.74, 6) is -0.499. The number of methoxy groups -OCH3 is 1. The summed E-state index contributed by atoms with van der Waals surface area (Å²) in [5, 5.41) is 12.7. The molecule has 1 aromatic carbocycles. The predicted octanol–water partition coefficient (Wildman–Crippen LogP) is 0.862. The number of fused-ring (bicyclic) bond motifs is 1. The summed E-state index contributed by atoms with van der Waals surface area (Å²) in [4.78, 5) is 35.2. The molecule has 4 N–H and O–H groups in total. The van der Waals surface area contributed by atoms with Crippen LogP contribution in [0, 0.1) is 0 Å². The molecule has 0 bridgehead atoms. The second-order valence-electron chi connectivity index (χ2n) is 6.84. The van der Waals surface area contributed by atoms with Crippen LogP contribution in [0.4, 0.5) is 17.6 Å². The van der Waals surface area contributed by atoms with Gasteiger partial charge in [0.1, 0.15) is 22.9 Å². The fourth-order valence-electron chi connectivity index (χ4n) is 3.62. The number of carbonyl (C=O) groups excluding carboxylic acids is 2. The first-order valence-corrected chi connectivity index (χ1v) is 9.19. The van der Waals surface area contributed by atoms with E-state index in [0.717, 1.165) is 0 Å². The van der Waals surface area contributed by atoms with E-state index in [1.165, 1.54) is 19.2 Å². The Morgan fingerprint density at radius 1 is 1.34 bits per heavy atom. The van der Waals surface area contributed by atoms with E-state index in [1.807, 2.05) is 4.90 Å². The third-order valence-corrected chi connectivity index (χ3v) is 5.08. The number of nitrogens with one attached hydrogen (secondary N) is 1. The van der Waals surface area contributed by atoms with Crippen molar-refractivity contribution in [2.45, 2.75) is 12.3 Å². The summed E-state index contributed by atoms with van der Waals surface area (Å²) >= 11 is 0. The van der Waals surface area contributed by atoms with Crippen molar-refractivity contribution in [2.24, 2.45) is 0 Å². The van der Waals surface area contributed by atoms with Crippen molar-refractivity contribution in [1.29, 1.82) is 0 Å². The van der Waals surface area contributed by atoms with Crippen LogP contribution < -0.4 is 16.0 Å². The van der Waals surface area contributed by atoms with Crippen LogP contribution in [0.1, 0.15) is 33.8 Å². The molecule has 1 fully saturated rings. The Bertz CT molecular complexity index is 974. The van der Waals surface area contributed by atoms with Crippen molar-refractivity contribution in [1.82, 2.24) is 9.97 Å². The second-order valence-corrected chi connectivity index (χ2v) is 6.84. The Labute approximate surface area is 166 Å². The number of phenols is 1. The number of morpholine rings is 1. The highest BCUT2D eigenvalue weighted by Gasteiger charge is 2.32. The zero-order valence-electron chi connectivity index (χ0n) is 15.8. The molecule has 4 rings (SSSR count). The van der Waals surface area contributed by atoms with E-state index < -0.39 is 11.9 Å². The van der Waals surface area contributed by atoms with E-state index in [0.29, 0.717) is 49.2 Å². The van der Waals surface area contributed by atoms with E-state index in [9.17, 15) is 14.7 Å². The number of esters is 1. The van der Waals surface area contributed by atoms with Crippen molar-refractivity contribution in [3.63, 3.8) is 0 Å². The molecule has 0 spiro atoms. The van der Waals surface area contributed by atoms with Gasteiger partial charge in [0.05, 0.1) is 20.3 Å². The lowest BCUT2D eigenvalue weighted by Crippen LogP contribution is -2.38. The Morgan fingerprint density at radius 3 is 2.83 bits per heavy atom. The fourth-order valence-corrected chi connectivity index (χ4v) is 3.62. The first-order valence-electron chi connectivity index (χ1n) is 9.19. The largest absolute Gasteiger partial charge is 0.507 e. The number of nitrogens with zero attached hydrogens (tertiary/aromatic N) is 3. The van der Waals surface area contributed by atoms with Crippen molar-refractivity contribution < 1.29 is 24.2 Å². The molecule has 0 radical (unpaired) electrons. The third kappa shape index (κ3) is 3.54. The minimum Gasteiger partial charge on any atom is -0.507 e. The number of aromatic nitrogens is 2. The first-order chi connectivity index (χ1) is 14.0. The van der Waals surface area contributed by atoms with Crippen LogP contribution >= 0.6 is 0 Å². The maximum Gasteiger partial charge on any atom is 0.341 e. The van der Waals surface area contributed by atoms with Gasteiger partial charge in [-0.05, 0) is 17.7 Å². The standard InChI is InChI=1S/C19H21N5O5/c1-28-18(27)12-8-10(2-3-13(12)25)11-9-14(26)21-17-15(11)16(20)22-19(23-17)24-4-6-29-7-5-24/h2-3,8,11,25H,4-7,9H2,1H3,(H3,20,21,22,23,26). The number of nitrogen functional groups attached to an aromatic ring is 1. The number of benzene rings is 1. The molecular formula is C19H21N5O5. The SMILES string of the molecule is COC(=O)c1cc(C2CC(=O)Nc3nc(N4CCOCC4)nc(N)c32)ccc1O. The Kier molecular flexibility index (Phi) is 4.93. The smallest absolute Gasteiger partial charge is 0.341 e. The molecule has 0 aliphatic carbocycles. The van der Waals surface area contributed by atoms with Gasteiger partial charge >= 0.3 is 5.97 Å². The summed E-state index contributed by atoms with van der Waals surface area (Å²) < 4.78 is 10.1. The minimum absolute atomic E-state index is 0.0157. The summed E-state index contributed by atoms with van der Waals surface area (Å²) in [6, 6.07) is 4.54. The average molecular weight is 399 g/mol. The molecule has 152 valence electrons. The van der Waals surface area contributed by atoms with Crippen molar-refractivity contribution >= 4 is 29.5 Å². The molecule has 10 nitrogen and oxygen atoms in total. The predicted molar refractivity (Wildman–Crippen MR) is 104 cm³/mol. The maximum atomic E-state index is 12.4. The van der Waals surface area contributed by atoms with Crippen LogP contribution in [-0.4, -0.2) is 60.4 Å². The van der Waals surface area contributed by atoms with E-state index in [1.54, 1.807) is 6.07 Å². The first kappa shape index (κ1) is 18.9. The molecule has 10 heteroatoms. The van der Waals surface area contributed by atoms with E-state index >= 15 is 0 Å². The number of hydrogen-bond donors (Lipinski definition) is 3.